The molecule has 0 unspecified atom stereocenters. The van der Waals surface area contributed by atoms with Crippen molar-refractivity contribution in [3.63, 3.8) is 0 Å². The number of alkyl halides is 3. The number of carboxylic acid groups (broad SMARTS) is 2. The van der Waals surface area contributed by atoms with Gasteiger partial charge in [0.2, 0.25) is 5.91 Å². The van der Waals surface area contributed by atoms with Crippen LogP contribution in [0.3, 0.4) is 0 Å². The zero-order chi connectivity index (χ0) is 32.5. The van der Waals surface area contributed by atoms with E-state index in [1.165, 1.54) is 83.5 Å². The summed E-state index contributed by atoms with van der Waals surface area (Å²) in [6.07, 6.45) is 16.1. The highest BCUT2D eigenvalue weighted by Gasteiger charge is 2.38. The first kappa shape index (κ1) is 44.0. The van der Waals surface area contributed by atoms with Crippen molar-refractivity contribution < 1.29 is 42.6 Å². The standard InChI is InChI=1S/C23H48N4O2.C4H8O2.C2HF3O2/c1-2-3-4-5-6-7-8-9-10-11-12-13-18-25-19-14-15-20-26-21-16-17-22(28)27-23(24)29;1-2-3-4(5)6;3-2(4,5)1(6)7/h25-26H,2-21H2,1H3,(H3,24,27,28,29);2-3H2,1H3,(H,5,6);(H,6,7). The van der Waals surface area contributed by atoms with Crippen molar-refractivity contribution in [1.29, 1.82) is 0 Å². The van der Waals surface area contributed by atoms with Crippen LogP contribution < -0.4 is 21.7 Å². The predicted molar refractivity (Wildman–Crippen MR) is 159 cm³/mol. The number of nitrogens with one attached hydrogen (secondary N) is 3. The van der Waals surface area contributed by atoms with E-state index in [2.05, 4.69) is 22.9 Å². The van der Waals surface area contributed by atoms with Crippen LogP contribution in [0.25, 0.3) is 0 Å². The minimum Gasteiger partial charge on any atom is -0.481 e. The lowest BCUT2D eigenvalue weighted by atomic mass is 10.1. The summed E-state index contributed by atoms with van der Waals surface area (Å²) in [5, 5.41) is 24.0. The van der Waals surface area contributed by atoms with Gasteiger partial charge in [0.15, 0.2) is 0 Å². The van der Waals surface area contributed by atoms with E-state index < -0.39 is 24.1 Å². The Morgan fingerprint density at radius 1 is 0.595 bits per heavy atom. The Morgan fingerprint density at radius 2 is 0.952 bits per heavy atom. The van der Waals surface area contributed by atoms with E-state index in [1.54, 1.807) is 0 Å². The Labute approximate surface area is 250 Å². The molecule has 0 aromatic rings. The molecule has 0 fully saturated rings. The molecule has 10 nitrogen and oxygen atoms in total. The summed E-state index contributed by atoms with van der Waals surface area (Å²) < 4.78 is 31.7. The van der Waals surface area contributed by atoms with Gasteiger partial charge in [0.25, 0.3) is 0 Å². The molecule has 42 heavy (non-hydrogen) atoms. The molecule has 0 aromatic heterocycles. The lowest BCUT2D eigenvalue weighted by Gasteiger charge is -2.06. The molecule has 0 atom stereocenters. The lowest BCUT2D eigenvalue weighted by molar-refractivity contribution is -0.192. The number of hydrogen-bond donors (Lipinski definition) is 6. The third-order valence-electron chi connectivity index (χ3n) is 5.89. The van der Waals surface area contributed by atoms with Gasteiger partial charge in [-0.25, -0.2) is 9.59 Å². The van der Waals surface area contributed by atoms with Crippen molar-refractivity contribution in [1.82, 2.24) is 16.0 Å². The first-order valence-corrected chi connectivity index (χ1v) is 15.4. The van der Waals surface area contributed by atoms with E-state index in [0.717, 1.165) is 45.4 Å². The average Bonchev–Trinajstić information content (AvgIpc) is 2.89. The van der Waals surface area contributed by atoms with Crippen LogP contribution in [0.4, 0.5) is 18.0 Å². The molecule has 0 bridgehead atoms. The molecule has 0 rings (SSSR count). The van der Waals surface area contributed by atoms with Gasteiger partial charge in [-0.15, -0.1) is 0 Å². The molecular weight excluding hydrogens is 557 g/mol. The second kappa shape index (κ2) is 33.1. The topological polar surface area (TPSA) is 171 Å². The third-order valence-corrected chi connectivity index (χ3v) is 5.89. The Morgan fingerprint density at radius 3 is 1.26 bits per heavy atom. The van der Waals surface area contributed by atoms with E-state index in [4.69, 9.17) is 20.7 Å². The maximum Gasteiger partial charge on any atom is 0.490 e. The number of amides is 3. The molecule has 0 aromatic carbocycles. The van der Waals surface area contributed by atoms with Crippen LogP contribution in [0.1, 0.15) is 129 Å². The van der Waals surface area contributed by atoms with Crippen molar-refractivity contribution >= 4 is 23.9 Å². The summed E-state index contributed by atoms with van der Waals surface area (Å²) in [5.41, 5.74) is 4.88. The summed E-state index contributed by atoms with van der Waals surface area (Å²) in [5.74, 6) is -3.77. The van der Waals surface area contributed by atoms with Crippen LogP contribution in [0.2, 0.25) is 0 Å². The van der Waals surface area contributed by atoms with Crippen molar-refractivity contribution in [2.45, 2.75) is 136 Å². The fourth-order valence-corrected chi connectivity index (χ4v) is 3.63. The Kier molecular flexibility index (Phi) is 34.7. The number of rotatable bonds is 24. The van der Waals surface area contributed by atoms with Crippen LogP contribution in [0.5, 0.6) is 0 Å². The fraction of sp³-hybridized carbons (Fsp3) is 0.862. The fourth-order valence-electron chi connectivity index (χ4n) is 3.63. The van der Waals surface area contributed by atoms with Crippen molar-refractivity contribution in [2.24, 2.45) is 5.73 Å². The summed E-state index contributed by atoms with van der Waals surface area (Å²) in [4.78, 5) is 40.2. The number of carbonyl (C=O) groups is 4. The highest BCUT2D eigenvalue weighted by Crippen LogP contribution is 2.13. The number of hydrogen-bond acceptors (Lipinski definition) is 6. The first-order chi connectivity index (χ1) is 19.9. The summed E-state index contributed by atoms with van der Waals surface area (Å²) >= 11 is 0. The SMILES string of the molecule is CCCC(=O)O.CCCCCCCCCCCCCCNCCCCNCCCC(=O)NC(N)=O.O=C(O)C(F)(F)F. The molecule has 0 radical (unpaired) electrons. The third kappa shape index (κ3) is 44.6. The smallest absolute Gasteiger partial charge is 0.481 e. The Hall–Kier alpha value is -2.41. The number of primary amides is 1. The van der Waals surface area contributed by atoms with Gasteiger partial charge in [-0.1, -0.05) is 84.5 Å². The van der Waals surface area contributed by atoms with Crippen LogP contribution in [0.15, 0.2) is 0 Å². The Balaban J connectivity index is -0.000000961. The van der Waals surface area contributed by atoms with Crippen molar-refractivity contribution in [3.8, 4) is 0 Å². The molecule has 7 N–H and O–H groups in total. The molecule has 250 valence electrons. The van der Waals surface area contributed by atoms with Crippen LogP contribution in [-0.4, -0.2) is 66.4 Å². The van der Waals surface area contributed by atoms with E-state index in [1.807, 2.05) is 6.92 Å². The first-order valence-electron chi connectivity index (χ1n) is 15.4. The highest BCUT2D eigenvalue weighted by atomic mass is 19.4. The van der Waals surface area contributed by atoms with Gasteiger partial charge >= 0.3 is 24.1 Å². The van der Waals surface area contributed by atoms with Gasteiger partial charge in [0, 0.05) is 12.8 Å². The molecule has 13 heteroatoms. The number of carbonyl (C=O) groups excluding carboxylic acids is 2. The minimum absolute atomic E-state index is 0.292. The number of nitrogens with two attached hydrogens (primary N) is 1. The molecule has 0 heterocycles. The van der Waals surface area contributed by atoms with Crippen molar-refractivity contribution in [3.05, 3.63) is 0 Å². The maximum atomic E-state index is 11.2. The molecule has 0 aliphatic carbocycles. The minimum atomic E-state index is -5.08. The van der Waals surface area contributed by atoms with Gasteiger partial charge in [0.05, 0.1) is 0 Å². The van der Waals surface area contributed by atoms with Gasteiger partial charge in [-0.2, -0.15) is 13.2 Å². The van der Waals surface area contributed by atoms with E-state index in [0.29, 0.717) is 12.8 Å². The quantitative estimate of drug-likeness (QED) is 0.0705. The normalized spacial score (nSPS) is 10.6. The second-order valence-corrected chi connectivity index (χ2v) is 10.1. The molecule has 0 spiro atoms. The van der Waals surface area contributed by atoms with Crippen LogP contribution in [-0.2, 0) is 14.4 Å². The van der Waals surface area contributed by atoms with Gasteiger partial charge in [0.1, 0.15) is 0 Å². The zero-order valence-corrected chi connectivity index (χ0v) is 25.8. The van der Waals surface area contributed by atoms with Crippen LogP contribution >= 0.6 is 0 Å². The average molecular weight is 615 g/mol. The Bertz CT molecular complexity index is 668. The monoisotopic (exact) mass is 614 g/mol. The number of unbranched alkanes of at least 4 members (excludes halogenated alkanes) is 12. The zero-order valence-electron chi connectivity index (χ0n) is 25.8. The van der Waals surface area contributed by atoms with Crippen LogP contribution in [0, 0.1) is 0 Å². The van der Waals surface area contributed by atoms with E-state index >= 15 is 0 Å². The largest absolute Gasteiger partial charge is 0.490 e. The van der Waals surface area contributed by atoms with Gasteiger partial charge in [-0.3, -0.25) is 14.9 Å². The molecule has 3 amide bonds. The van der Waals surface area contributed by atoms with E-state index in [9.17, 15) is 27.6 Å². The number of aliphatic carboxylic acids is 2. The second-order valence-electron chi connectivity index (χ2n) is 10.1. The van der Waals surface area contributed by atoms with Gasteiger partial charge in [-0.05, 0) is 58.3 Å². The summed E-state index contributed by atoms with van der Waals surface area (Å²) in [6.45, 7) is 8.10. The number of urea groups is 1. The highest BCUT2D eigenvalue weighted by molar-refractivity contribution is 5.93. The summed E-state index contributed by atoms with van der Waals surface area (Å²) in [6, 6.07) is -0.779. The summed E-state index contributed by atoms with van der Waals surface area (Å²) in [7, 11) is 0. The van der Waals surface area contributed by atoms with Crippen molar-refractivity contribution in [2.75, 3.05) is 26.2 Å². The lowest BCUT2D eigenvalue weighted by Crippen LogP contribution is -2.35. The predicted octanol–water partition coefficient (Wildman–Crippen LogP) is 6.13. The number of halogens is 3. The molecule has 0 saturated heterocycles. The molecular formula is C29H57F3N4O6. The number of imide groups is 1. The maximum absolute atomic E-state index is 11.2. The molecule has 0 aliphatic heterocycles. The molecule has 0 saturated carbocycles. The number of carboxylic acids is 2. The molecule has 0 aliphatic rings. The van der Waals surface area contributed by atoms with E-state index in [-0.39, 0.29) is 5.91 Å². The van der Waals surface area contributed by atoms with Gasteiger partial charge < -0.3 is 26.6 Å².